The fraction of sp³-hybridized carbons (Fsp3) is 0.350. The van der Waals surface area contributed by atoms with Gasteiger partial charge < -0.3 is 10.6 Å². The monoisotopic (exact) mass is 381 g/mol. The quantitative estimate of drug-likeness (QED) is 0.635. The highest BCUT2D eigenvalue weighted by atomic mass is 32.1. The topological polar surface area (TPSA) is 71.8 Å². The number of anilines is 3. The van der Waals surface area contributed by atoms with Crippen LogP contribution in [-0.2, 0) is 0 Å². The summed E-state index contributed by atoms with van der Waals surface area (Å²) >= 11 is 1.57. The molecule has 1 aromatic carbocycles. The van der Waals surface area contributed by atoms with Crippen LogP contribution in [0.3, 0.4) is 0 Å². The summed E-state index contributed by atoms with van der Waals surface area (Å²) in [6, 6.07) is 9.80. The summed E-state index contributed by atoms with van der Waals surface area (Å²) < 4.78 is 1.98. The molecule has 1 fully saturated rings. The molecule has 3 aromatic rings. The molecule has 0 saturated heterocycles. The van der Waals surface area contributed by atoms with E-state index in [0.29, 0.717) is 17.7 Å². The average Bonchev–Trinajstić information content (AvgIpc) is 3.31. The SMILES string of the molecule is Cc1csc(Nc2ccc(NC(=O)c3cc(C)n(C(C)C4CC4)n3)cc2)n1. The van der Waals surface area contributed by atoms with Crippen LogP contribution < -0.4 is 10.6 Å². The minimum Gasteiger partial charge on any atom is -0.332 e. The second kappa shape index (κ2) is 7.15. The third kappa shape index (κ3) is 4.03. The molecule has 1 aliphatic rings. The molecule has 2 N–H and O–H groups in total. The van der Waals surface area contributed by atoms with Crippen molar-refractivity contribution in [1.82, 2.24) is 14.8 Å². The molecule has 0 aliphatic heterocycles. The fourth-order valence-corrected chi connectivity index (χ4v) is 3.86. The smallest absolute Gasteiger partial charge is 0.276 e. The Morgan fingerprint density at radius 1 is 1.22 bits per heavy atom. The lowest BCUT2D eigenvalue weighted by Crippen LogP contribution is -2.15. The number of aromatic nitrogens is 3. The van der Waals surface area contributed by atoms with Crippen LogP contribution in [0.5, 0.6) is 0 Å². The fourth-order valence-electron chi connectivity index (χ4n) is 3.16. The third-order valence-corrected chi connectivity index (χ3v) is 5.73. The van der Waals surface area contributed by atoms with Crippen molar-refractivity contribution in [1.29, 1.82) is 0 Å². The second-order valence-corrected chi connectivity index (χ2v) is 8.00. The Morgan fingerprint density at radius 3 is 2.56 bits per heavy atom. The zero-order valence-electron chi connectivity index (χ0n) is 15.7. The summed E-state index contributed by atoms with van der Waals surface area (Å²) in [4.78, 5) is 16.9. The number of carbonyl (C=O) groups is 1. The molecule has 27 heavy (non-hydrogen) atoms. The maximum absolute atomic E-state index is 12.6. The number of nitrogens with one attached hydrogen (secondary N) is 2. The number of nitrogens with zero attached hydrogens (tertiary/aromatic N) is 3. The van der Waals surface area contributed by atoms with Crippen molar-refractivity contribution < 1.29 is 4.79 Å². The molecule has 2 heterocycles. The maximum Gasteiger partial charge on any atom is 0.276 e. The normalized spacial score (nSPS) is 14.8. The van der Waals surface area contributed by atoms with Crippen LogP contribution in [0, 0.1) is 19.8 Å². The summed E-state index contributed by atoms with van der Waals surface area (Å²) in [5.41, 5.74) is 4.15. The lowest BCUT2D eigenvalue weighted by atomic mass is 10.2. The van der Waals surface area contributed by atoms with E-state index in [2.05, 4.69) is 27.6 Å². The van der Waals surface area contributed by atoms with E-state index < -0.39 is 0 Å². The summed E-state index contributed by atoms with van der Waals surface area (Å²) in [6.07, 6.45) is 2.51. The first-order valence-electron chi connectivity index (χ1n) is 9.16. The number of thiazole rings is 1. The van der Waals surface area contributed by atoms with Crippen molar-refractivity contribution in [2.45, 2.75) is 39.7 Å². The van der Waals surface area contributed by atoms with Crippen LogP contribution in [0.4, 0.5) is 16.5 Å². The van der Waals surface area contributed by atoms with Gasteiger partial charge in [0, 0.05) is 22.4 Å². The Kier molecular flexibility index (Phi) is 4.70. The molecule has 140 valence electrons. The van der Waals surface area contributed by atoms with E-state index in [-0.39, 0.29) is 5.91 Å². The molecule has 4 rings (SSSR count). The summed E-state index contributed by atoms with van der Waals surface area (Å²) in [5, 5.41) is 13.6. The number of hydrogen-bond donors (Lipinski definition) is 2. The molecule has 0 radical (unpaired) electrons. The van der Waals surface area contributed by atoms with Crippen molar-refractivity contribution in [3.63, 3.8) is 0 Å². The van der Waals surface area contributed by atoms with Gasteiger partial charge in [-0.2, -0.15) is 5.10 Å². The number of carbonyl (C=O) groups excluding carboxylic acids is 1. The first kappa shape index (κ1) is 17.7. The molecule has 1 amide bonds. The summed E-state index contributed by atoms with van der Waals surface area (Å²) in [6.45, 7) is 6.15. The standard InChI is InChI=1S/C20H23N5OS/c1-12-11-27-20(21-12)23-17-8-6-16(7-9-17)22-19(26)18-10-13(2)25(24-18)14(3)15-4-5-15/h6-11,14-15H,4-5H2,1-3H3,(H,21,23)(H,22,26). The first-order chi connectivity index (χ1) is 13.0. The van der Waals surface area contributed by atoms with Gasteiger partial charge in [0.05, 0.1) is 11.7 Å². The van der Waals surface area contributed by atoms with Gasteiger partial charge in [-0.1, -0.05) is 0 Å². The lowest BCUT2D eigenvalue weighted by molar-refractivity contribution is 0.102. The lowest BCUT2D eigenvalue weighted by Gasteiger charge is -2.12. The first-order valence-corrected chi connectivity index (χ1v) is 10.0. The Balaban J connectivity index is 1.41. The molecule has 1 unspecified atom stereocenters. The van der Waals surface area contributed by atoms with Crippen LogP contribution in [0.1, 0.15) is 47.7 Å². The predicted molar refractivity (Wildman–Crippen MR) is 109 cm³/mol. The molecular weight excluding hydrogens is 358 g/mol. The minimum atomic E-state index is -0.184. The highest BCUT2D eigenvalue weighted by Gasteiger charge is 2.30. The molecule has 0 bridgehead atoms. The van der Waals surface area contributed by atoms with Crippen molar-refractivity contribution in [3.05, 3.63) is 52.8 Å². The van der Waals surface area contributed by atoms with Gasteiger partial charge >= 0.3 is 0 Å². The molecule has 6 nitrogen and oxygen atoms in total. The van der Waals surface area contributed by atoms with Crippen molar-refractivity contribution in [3.8, 4) is 0 Å². The highest BCUT2D eigenvalue weighted by Crippen LogP contribution is 2.39. The molecule has 1 aliphatic carbocycles. The molecule has 0 spiro atoms. The predicted octanol–water partition coefficient (Wildman–Crippen LogP) is 4.92. The van der Waals surface area contributed by atoms with Crippen molar-refractivity contribution in [2.24, 2.45) is 5.92 Å². The molecule has 7 heteroatoms. The van der Waals surface area contributed by atoms with Crippen LogP contribution in [0.2, 0.25) is 0 Å². The van der Waals surface area contributed by atoms with Gasteiger partial charge in [-0.3, -0.25) is 9.48 Å². The average molecular weight is 382 g/mol. The van der Waals surface area contributed by atoms with Crippen LogP contribution in [0.25, 0.3) is 0 Å². The maximum atomic E-state index is 12.6. The van der Waals surface area contributed by atoms with Gasteiger partial charge in [-0.25, -0.2) is 4.98 Å². The van der Waals surface area contributed by atoms with Gasteiger partial charge in [-0.15, -0.1) is 11.3 Å². The minimum absolute atomic E-state index is 0.184. The van der Waals surface area contributed by atoms with E-state index >= 15 is 0 Å². The van der Waals surface area contributed by atoms with E-state index in [1.807, 2.05) is 54.2 Å². The van der Waals surface area contributed by atoms with Gasteiger partial charge in [-0.05, 0) is 69.9 Å². The zero-order valence-corrected chi connectivity index (χ0v) is 16.5. The van der Waals surface area contributed by atoms with E-state index in [4.69, 9.17) is 0 Å². The second-order valence-electron chi connectivity index (χ2n) is 7.14. The number of rotatable bonds is 6. The van der Waals surface area contributed by atoms with Crippen molar-refractivity contribution in [2.75, 3.05) is 10.6 Å². The molecular formula is C20H23N5OS. The number of benzene rings is 1. The highest BCUT2D eigenvalue weighted by molar-refractivity contribution is 7.13. The largest absolute Gasteiger partial charge is 0.332 e. The van der Waals surface area contributed by atoms with Gasteiger partial charge in [0.25, 0.3) is 5.91 Å². The van der Waals surface area contributed by atoms with E-state index in [1.54, 1.807) is 11.3 Å². The van der Waals surface area contributed by atoms with E-state index in [0.717, 1.165) is 27.9 Å². The Labute approximate surface area is 162 Å². The van der Waals surface area contributed by atoms with E-state index in [1.165, 1.54) is 12.8 Å². The van der Waals surface area contributed by atoms with Crippen LogP contribution in [0.15, 0.2) is 35.7 Å². The molecule has 1 saturated carbocycles. The summed E-state index contributed by atoms with van der Waals surface area (Å²) in [5.74, 6) is 0.511. The molecule has 1 atom stereocenters. The Bertz CT molecular complexity index is 955. The van der Waals surface area contributed by atoms with Crippen molar-refractivity contribution >= 4 is 33.8 Å². The number of hydrogen-bond acceptors (Lipinski definition) is 5. The zero-order chi connectivity index (χ0) is 19.0. The number of amides is 1. The Hall–Kier alpha value is -2.67. The number of aryl methyl sites for hydroxylation is 2. The molecule has 2 aromatic heterocycles. The third-order valence-electron chi connectivity index (χ3n) is 4.86. The Morgan fingerprint density at radius 2 is 1.93 bits per heavy atom. The van der Waals surface area contributed by atoms with Crippen LogP contribution >= 0.6 is 11.3 Å². The van der Waals surface area contributed by atoms with Gasteiger partial charge in [0.1, 0.15) is 0 Å². The summed E-state index contributed by atoms with van der Waals surface area (Å²) in [7, 11) is 0. The van der Waals surface area contributed by atoms with Gasteiger partial charge in [0.15, 0.2) is 10.8 Å². The van der Waals surface area contributed by atoms with Gasteiger partial charge in [0.2, 0.25) is 0 Å². The van der Waals surface area contributed by atoms with Crippen LogP contribution in [-0.4, -0.2) is 20.7 Å². The van der Waals surface area contributed by atoms with E-state index in [9.17, 15) is 4.79 Å².